The molecule has 1 fully saturated rings. The summed E-state index contributed by atoms with van der Waals surface area (Å²) in [5.74, 6) is -2.04. The van der Waals surface area contributed by atoms with Crippen molar-refractivity contribution >= 4 is 41.3 Å². The summed E-state index contributed by atoms with van der Waals surface area (Å²) >= 11 is 1.04. The average Bonchev–Trinajstić information content (AvgIpc) is 3.06. The van der Waals surface area contributed by atoms with E-state index < -0.39 is 35.1 Å². The van der Waals surface area contributed by atoms with Crippen LogP contribution in [0.4, 0.5) is 14.9 Å². The number of urea groups is 1. The van der Waals surface area contributed by atoms with Crippen molar-refractivity contribution in [2.75, 3.05) is 24.2 Å². The smallest absolute Gasteiger partial charge is 0.324 e. The van der Waals surface area contributed by atoms with Gasteiger partial charge in [-0.1, -0.05) is 0 Å². The second kappa shape index (κ2) is 9.36. The third-order valence-electron chi connectivity index (χ3n) is 3.69. The third kappa shape index (κ3) is 5.95. The number of ether oxygens (including phenoxy) is 1. The van der Waals surface area contributed by atoms with Gasteiger partial charge in [-0.15, -0.1) is 11.8 Å². The van der Waals surface area contributed by atoms with Crippen molar-refractivity contribution in [1.29, 1.82) is 0 Å². The van der Waals surface area contributed by atoms with Crippen LogP contribution in [0.1, 0.15) is 13.8 Å². The maximum Gasteiger partial charge on any atom is 0.324 e. The molecule has 8 nitrogen and oxygen atoms in total. The maximum atomic E-state index is 12.8. The average molecular weight is 397 g/mol. The SMILES string of the molecule is C[C@H](OC(=O)[C@@H](C)SCC(=O)Nc1ccc(F)cc1)C(=O)N1CCNC1=O. The van der Waals surface area contributed by atoms with Crippen LogP contribution < -0.4 is 10.6 Å². The molecule has 1 aliphatic rings. The van der Waals surface area contributed by atoms with Gasteiger partial charge in [-0.3, -0.25) is 19.3 Å². The third-order valence-corrected chi connectivity index (χ3v) is 4.81. The highest BCUT2D eigenvalue weighted by Crippen LogP contribution is 2.15. The minimum atomic E-state index is -1.10. The van der Waals surface area contributed by atoms with Crippen molar-refractivity contribution in [3.8, 4) is 0 Å². The van der Waals surface area contributed by atoms with Gasteiger partial charge in [0.2, 0.25) is 5.91 Å². The molecule has 2 N–H and O–H groups in total. The summed E-state index contributed by atoms with van der Waals surface area (Å²) in [6.45, 7) is 3.54. The van der Waals surface area contributed by atoms with E-state index in [1.807, 2.05) is 0 Å². The van der Waals surface area contributed by atoms with Gasteiger partial charge >= 0.3 is 12.0 Å². The standard InChI is InChI=1S/C17H20FN3O5S/c1-10(15(23)21-8-7-19-17(21)25)26-16(24)11(2)27-9-14(22)20-13-5-3-12(18)4-6-13/h3-6,10-11H,7-9H2,1-2H3,(H,19,25)(H,20,22)/t10-,11+/m0/s1. The number of carbonyl (C=O) groups is 4. The molecular weight excluding hydrogens is 377 g/mol. The minimum Gasteiger partial charge on any atom is -0.452 e. The van der Waals surface area contributed by atoms with Gasteiger partial charge in [-0.05, 0) is 38.1 Å². The van der Waals surface area contributed by atoms with E-state index in [1.54, 1.807) is 6.92 Å². The first-order chi connectivity index (χ1) is 12.8. The zero-order valence-electron chi connectivity index (χ0n) is 14.9. The van der Waals surface area contributed by atoms with Crippen LogP contribution in [0, 0.1) is 5.82 Å². The van der Waals surface area contributed by atoms with E-state index in [0.29, 0.717) is 12.2 Å². The predicted octanol–water partition coefficient (Wildman–Crippen LogP) is 1.37. The number of amides is 4. The highest BCUT2D eigenvalue weighted by Gasteiger charge is 2.32. The number of nitrogens with zero attached hydrogens (tertiary/aromatic N) is 1. The van der Waals surface area contributed by atoms with Crippen LogP contribution in [0.5, 0.6) is 0 Å². The molecular formula is C17H20FN3O5S. The van der Waals surface area contributed by atoms with Gasteiger partial charge in [-0.2, -0.15) is 0 Å². The first-order valence-corrected chi connectivity index (χ1v) is 9.29. The van der Waals surface area contributed by atoms with Crippen LogP contribution >= 0.6 is 11.8 Å². The van der Waals surface area contributed by atoms with Crippen LogP contribution in [-0.2, 0) is 19.1 Å². The Hall–Kier alpha value is -2.62. The monoisotopic (exact) mass is 397 g/mol. The molecule has 0 aliphatic carbocycles. The molecule has 1 aromatic carbocycles. The minimum absolute atomic E-state index is 0.0233. The molecule has 1 heterocycles. The number of thioether (sulfide) groups is 1. The summed E-state index contributed by atoms with van der Waals surface area (Å²) in [6.07, 6.45) is -1.10. The molecule has 0 unspecified atom stereocenters. The van der Waals surface area contributed by atoms with Crippen LogP contribution in [-0.4, -0.2) is 58.9 Å². The number of anilines is 1. The van der Waals surface area contributed by atoms with Crippen LogP contribution in [0.15, 0.2) is 24.3 Å². The summed E-state index contributed by atoms with van der Waals surface area (Å²) < 4.78 is 17.9. The number of halogens is 1. The molecule has 1 saturated heterocycles. The molecule has 2 rings (SSSR count). The van der Waals surface area contributed by atoms with E-state index in [9.17, 15) is 23.6 Å². The number of hydrogen-bond donors (Lipinski definition) is 2. The highest BCUT2D eigenvalue weighted by molar-refractivity contribution is 8.01. The van der Waals surface area contributed by atoms with Gasteiger partial charge in [-0.25, -0.2) is 9.18 Å². The van der Waals surface area contributed by atoms with E-state index in [0.717, 1.165) is 16.7 Å². The second-order valence-corrected chi connectivity index (χ2v) is 7.14. The Balaban J connectivity index is 1.75. The van der Waals surface area contributed by atoms with Gasteiger partial charge in [0.1, 0.15) is 11.1 Å². The number of hydrogen-bond acceptors (Lipinski definition) is 6. The zero-order chi connectivity index (χ0) is 20.0. The van der Waals surface area contributed by atoms with Crippen LogP contribution in [0.2, 0.25) is 0 Å². The summed E-state index contributed by atoms with van der Waals surface area (Å²) in [6, 6.07) is 4.79. The second-order valence-electron chi connectivity index (χ2n) is 5.81. The first kappa shape index (κ1) is 20.7. The maximum absolute atomic E-state index is 12.8. The van der Waals surface area contributed by atoms with E-state index in [2.05, 4.69) is 10.6 Å². The van der Waals surface area contributed by atoms with Gasteiger partial charge in [0, 0.05) is 18.8 Å². The summed E-state index contributed by atoms with van der Waals surface area (Å²) in [5, 5.41) is 4.39. The van der Waals surface area contributed by atoms with E-state index >= 15 is 0 Å². The Bertz CT molecular complexity index is 728. The fourth-order valence-corrected chi connectivity index (χ4v) is 2.89. The number of benzene rings is 1. The van der Waals surface area contributed by atoms with E-state index in [4.69, 9.17) is 4.74 Å². The van der Waals surface area contributed by atoms with Crippen LogP contribution in [0.3, 0.4) is 0 Å². The van der Waals surface area contributed by atoms with Crippen molar-refractivity contribution < 1.29 is 28.3 Å². The fourth-order valence-electron chi connectivity index (χ4n) is 2.22. The lowest BCUT2D eigenvalue weighted by Crippen LogP contribution is -2.42. The van der Waals surface area contributed by atoms with Gasteiger partial charge in [0.05, 0.1) is 5.75 Å². The predicted molar refractivity (Wildman–Crippen MR) is 97.6 cm³/mol. The molecule has 10 heteroatoms. The Morgan fingerprint density at radius 2 is 1.96 bits per heavy atom. The Labute approximate surface area is 159 Å². The number of imide groups is 1. The summed E-state index contributed by atoms with van der Waals surface area (Å²) in [7, 11) is 0. The fraction of sp³-hybridized carbons (Fsp3) is 0.412. The Morgan fingerprint density at radius 3 is 2.56 bits per heavy atom. The van der Waals surface area contributed by atoms with E-state index in [-0.39, 0.29) is 18.2 Å². The highest BCUT2D eigenvalue weighted by atomic mass is 32.2. The molecule has 0 aromatic heterocycles. The van der Waals surface area contributed by atoms with Crippen molar-refractivity contribution in [2.24, 2.45) is 0 Å². The zero-order valence-corrected chi connectivity index (χ0v) is 15.7. The molecule has 1 aromatic rings. The van der Waals surface area contributed by atoms with Crippen LogP contribution in [0.25, 0.3) is 0 Å². The largest absolute Gasteiger partial charge is 0.452 e. The lowest BCUT2D eigenvalue weighted by atomic mass is 10.3. The quantitative estimate of drug-likeness (QED) is 0.674. The summed E-state index contributed by atoms with van der Waals surface area (Å²) in [4.78, 5) is 48.5. The molecule has 0 saturated carbocycles. The molecule has 27 heavy (non-hydrogen) atoms. The van der Waals surface area contributed by atoms with Crippen molar-refractivity contribution in [3.05, 3.63) is 30.1 Å². The van der Waals surface area contributed by atoms with E-state index in [1.165, 1.54) is 31.2 Å². The van der Waals surface area contributed by atoms with Gasteiger partial charge < -0.3 is 15.4 Å². The molecule has 146 valence electrons. The van der Waals surface area contributed by atoms with Gasteiger partial charge in [0.25, 0.3) is 5.91 Å². The topological polar surface area (TPSA) is 105 Å². The number of nitrogens with one attached hydrogen (secondary N) is 2. The molecule has 1 aliphatic heterocycles. The van der Waals surface area contributed by atoms with Crippen molar-refractivity contribution in [1.82, 2.24) is 10.2 Å². The van der Waals surface area contributed by atoms with Gasteiger partial charge in [0.15, 0.2) is 6.10 Å². The number of carbonyl (C=O) groups excluding carboxylic acids is 4. The Kier molecular flexibility index (Phi) is 7.17. The molecule has 0 spiro atoms. The molecule has 2 atom stereocenters. The van der Waals surface area contributed by atoms with Crippen molar-refractivity contribution in [3.63, 3.8) is 0 Å². The molecule has 0 bridgehead atoms. The lowest BCUT2D eigenvalue weighted by Gasteiger charge is -2.19. The van der Waals surface area contributed by atoms with Crippen molar-refractivity contribution in [2.45, 2.75) is 25.2 Å². The Morgan fingerprint density at radius 1 is 1.30 bits per heavy atom. The normalized spacial score (nSPS) is 15.7. The lowest BCUT2D eigenvalue weighted by molar-refractivity contribution is -0.156. The number of esters is 1. The summed E-state index contributed by atoms with van der Waals surface area (Å²) in [5.41, 5.74) is 0.445. The number of rotatable bonds is 7. The molecule has 0 radical (unpaired) electrons. The first-order valence-electron chi connectivity index (χ1n) is 8.24. The molecule has 4 amide bonds.